The van der Waals surface area contributed by atoms with Crippen LogP contribution in [-0.4, -0.2) is 11.3 Å². The minimum Gasteiger partial charge on any atom is -0.180 e. The Labute approximate surface area is 60.3 Å². The highest BCUT2D eigenvalue weighted by atomic mass is 32.2. The van der Waals surface area contributed by atoms with Crippen molar-refractivity contribution in [1.82, 2.24) is 0 Å². The summed E-state index contributed by atoms with van der Waals surface area (Å²) in [6.45, 7) is 5.32. The molecular weight excluding hydrogens is 132 g/mol. The van der Waals surface area contributed by atoms with Crippen molar-refractivity contribution in [2.45, 2.75) is 31.4 Å². The average Bonchev–Trinajstić information content (AvgIpc) is 2.36. The van der Waals surface area contributed by atoms with Gasteiger partial charge in [0.15, 0.2) is 0 Å². The molecule has 0 aromatic carbocycles. The van der Waals surface area contributed by atoms with Crippen LogP contribution >= 0.6 is 11.9 Å². The number of nitrogens with zero attached hydrogens (tertiary/aromatic N) is 2. The Morgan fingerprint density at radius 3 is 2.33 bits per heavy atom. The highest BCUT2D eigenvalue weighted by Crippen LogP contribution is 2.38. The van der Waals surface area contributed by atoms with Gasteiger partial charge in [-0.1, -0.05) is 13.8 Å². The van der Waals surface area contributed by atoms with Crippen LogP contribution < -0.4 is 0 Å². The van der Waals surface area contributed by atoms with Crippen LogP contribution in [0.1, 0.15) is 26.7 Å². The third-order valence-electron chi connectivity index (χ3n) is 1.94. The van der Waals surface area contributed by atoms with E-state index in [0.29, 0.717) is 4.75 Å². The predicted molar refractivity (Wildman–Crippen MR) is 40.6 cm³/mol. The van der Waals surface area contributed by atoms with E-state index < -0.39 is 0 Å². The van der Waals surface area contributed by atoms with Crippen LogP contribution in [0.25, 0.3) is 0 Å². The summed E-state index contributed by atoms with van der Waals surface area (Å²) in [7, 11) is 0. The van der Waals surface area contributed by atoms with Gasteiger partial charge in [-0.25, -0.2) is 0 Å². The zero-order chi connectivity index (χ0) is 6.74. The van der Waals surface area contributed by atoms with Crippen LogP contribution in [-0.2, 0) is 0 Å². The van der Waals surface area contributed by atoms with Gasteiger partial charge in [-0.2, -0.15) is 5.11 Å². The summed E-state index contributed by atoms with van der Waals surface area (Å²) >= 11 is 1.65. The van der Waals surface area contributed by atoms with Gasteiger partial charge in [0.05, 0.1) is 11.3 Å². The molecule has 0 aliphatic carbocycles. The fraction of sp³-hybridized carbons (Fsp3) is 1.00. The summed E-state index contributed by atoms with van der Waals surface area (Å²) < 4.78 is 4.28. The summed E-state index contributed by atoms with van der Waals surface area (Å²) in [6.07, 6.45) is 2.36. The third kappa shape index (κ3) is 1.26. The quantitative estimate of drug-likeness (QED) is 0.547. The standard InChI is InChI=1S/C6H12N2S/c1-3-6(4-2)5-7-8-9-6/h3-5H2,1-2H3. The Morgan fingerprint density at radius 2 is 2.11 bits per heavy atom. The monoisotopic (exact) mass is 144 g/mol. The Hall–Kier alpha value is -0.0500. The molecule has 0 N–H and O–H groups in total. The second kappa shape index (κ2) is 2.69. The first-order chi connectivity index (χ1) is 4.33. The molecule has 0 atom stereocenters. The van der Waals surface area contributed by atoms with Crippen molar-refractivity contribution in [3.63, 3.8) is 0 Å². The molecule has 0 radical (unpaired) electrons. The maximum atomic E-state index is 3.97. The molecule has 0 spiro atoms. The van der Waals surface area contributed by atoms with Crippen LogP contribution in [0.2, 0.25) is 0 Å². The summed E-state index contributed by atoms with van der Waals surface area (Å²) in [4.78, 5) is 0. The van der Waals surface area contributed by atoms with E-state index in [0.717, 1.165) is 6.54 Å². The molecule has 52 valence electrons. The van der Waals surface area contributed by atoms with Gasteiger partial charge in [0, 0.05) is 11.9 Å². The topological polar surface area (TPSA) is 24.7 Å². The van der Waals surface area contributed by atoms with Crippen LogP contribution in [0.4, 0.5) is 0 Å². The zero-order valence-corrected chi connectivity index (χ0v) is 6.74. The van der Waals surface area contributed by atoms with Gasteiger partial charge in [-0.05, 0) is 12.8 Å². The lowest BCUT2D eigenvalue weighted by molar-refractivity contribution is 0.568. The lowest BCUT2D eigenvalue weighted by atomic mass is 10.0. The third-order valence-corrected chi connectivity index (χ3v) is 3.23. The van der Waals surface area contributed by atoms with Gasteiger partial charge < -0.3 is 0 Å². The predicted octanol–water partition coefficient (Wildman–Crippen LogP) is 2.66. The molecule has 9 heavy (non-hydrogen) atoms. The first-order valence-corrected chi connectivity index (χ1v) is 4.15. The van der Waals surface area contributed by atoms with E-state index in [9.17, 15) is 0 Å². The fourth-order valence-electron chi connectivity index (χ4n) is 0.905. The fourth-order valence-corrected chi connectivity index (χ4v) is 1.57. The molecule has 0 saturated carbocycles. The van der Waals surface area contributed by atoms with Crippen molar-refractivity contribution in [2.75, 3.05) is 6.54 Å². The highest BCUT2D eigenvalue weighted by Gasteiger charge is 2.30. The first kappa shape index (κ1) is 7.06. The van der Waals surface area contributed by atoms with Crippen LogP contribution in [0.3, 0.4) is 0 Å². The average molecular weight is 144 g/mol. The minimum atomic E-state index is 0.361. The van der Waals surface area contributed by atoms with Crippen LogP contribution in [0.5, 0.6) is 0 Å². The summed E-state index contributed by atoms with van der Waals surface area (Å²) in [5.74, 6) is 0. The van der Waals surface area contributed by atoms with E-state index in [2.05, 4.69) is 23.5 Å². The van der Waals surface area contributed by atoms with Gasteiger partial charge in [0.2, 0.25) is 0 Å². The van der Waals surface area contributed by atoms with Crippen molar-refractivity contribution < 1.29 is 0 Å². The Balaban J connectivity index is 2.50. The molecular formula is C6H12N2S. The van der Waals surface area contributed by atoms with Crippen molar-refractivity contribution >= 4 is 11.9 Å². The van der Waals surface area contributed by atoms with Gasteiger partial charge in [-0.15, -0.1) is 4.52 Å². The molecule has 0 fully saturated rings. The molecule has 1 aliphatic heterocycles. The van der Waals surface area contributed by atoms with Crippen molar-refractivity contribution in [3.8, 4) is 0 Å². The number of hydrogen-bond acceptors (Lipinski definition) is 3. The van der Waals surface area contributed by atoms with Gasteiger partial charge >= 0.3 is 0 Å². The lowest BCUT2D eigenvalue weighted by Crippen LogP contribution is -2.22. The molecule has 1 aliphatic rings. The molecule has 0 amide bonds. The smallest absolute Gasteiger partial charge is 0.0775 e. The molecule has 2 nitrogen and oxygen atoms in total. The molecule has 0 bridgehead atoms. The van der Waals surface area contributed by atoms with Crippen molar-refractivity contribution in [1.29, 1.82) is 0 Å². The SMILES string of the molecule is CCC1(CC)CN=NS1. The molecule has 1 heterocycles. The van der Waals surface area contributed by atoms with Crippen LogP contribution in [0.15, 0.2) is 9.63 Å². The molecule has 0 saturated heterocycles. The van der Waals surface area contributed by atoms with Gasteiger partial charge in [0.25, 0.3) is 0 Å². The zero-order valence-electron chi connectivity index (χ0n) is 5.92. The Kier molecular flexibility index (Phi) is 2.11. The van der Waals surface area contributed by atoms with E-state index in [1.807, 2.05) is 0 Å². The maximum Gasteiger partial charge on any atom is 0.0775 e. The minimum absolute atomic E-state index is 0.361. The van der Waals surface area contributed by atoms with E-state index in [1.165, 1.54) is 12.8 Å². The van der Waals surface area contributed by atoms with Gasteiger partial charge in [0.1, 0.15) is 0 Å². The van der Waals surface area contributed by atoms with E-state index in [1.54, 1.807) is 11.9 Å². The van der Waals surface area contributed by atoms with Crippen LogP contribution in [0, 0.1) is 0 Å². The Bertz CT molecular complexity index is 108. The summed E-state index contributed by atoms with van der Waals surface area (Å²) in [5, 5.41) is 3.97. The second-order valence-corrected chi connectivity index (χ2v) is 3.57. The molecule has 3 heteroatoms. The molecule has 1 rings (SSSR count). The highest BCUT2D eigenvalue weighted by molar-refractivity contribution is 7.99. The van der Waals surface area contributed by atoms with Crippen molar-refractivity contribution in [3.05, 3.63) is 0 Å². The second-order valence-electron chi connectivity index (χ2n) is 2.36. The maximum absolute atomic E-state index is 3.97. The lowest BCUT2D eigenvalue weighted by Gasteiger charge is -2.19. The normalized spacial score (nSPS) is 22.9. The summed E-state index contributed by atoms with van der Waals surface area (Å²) in [6, 6.07) is 0. The number of hydrogen-bond donors (Lipinski definition) is 0. The Morgan fingerprint density at radius 1 is 1.44 bits per heavy atom. The number of rotatable bonds is 2. The van der Waals surface area contributed by atoms with Crippen molar-refractivity contribution in [2.24, 2.45) is 9.63 Å². The first-order valence-electron chi connectivity index (χ1n) is 3.38. The van der Waals surface area contributed by atoms with E-state index in [-0.39, 0.29) is 0 Å². The largest absolute Gasteiger partial charge is 0.180 e. The molecule has 0 unspecified atom stereocenters. The van der Waals surface area contributed by atoms with E-state index in [4.69, 9.17) is 0 Å². The van der Waals surface area contributed by atoms with E-state index >= 15 is 0 Å². The van der Waals surface area contributed by atoms with Gasteiger partial charge in [-0.3, -0.25) is 0 Å². The molecule has 0 aromatic rings. The summed E-state index contributed by atoms with van der Waals surface area (Å²) in [5.41, 5.74) is 0. The molecule has 0 aromatic heterocycles.